The van der Waals surface area contributed by atoms with Gasteiger partial charge in [0.25, 0.3) is 0 Å². The molecule has 1 aromatic rings. The molecule has 7 heteroatoms. The van der Waals surface area contributed by atoms with Crippen molar-refractivity contribution in [3.05, 3.63) is 20.8 Å². The molecule has 0 spiro atoms. The van der Waals surface area contributed by atoms with E-state index < -0.39 is 23.7 Å². The Kier molecular flexibility index (Phi) is 4.75. The minimum Gasteiger partial charge on any atom is -0.479 e. The summed E-state index contributed by atoms with van der Waals surface area (Å²) in [5.41, 5.74) is -0.664. The lowest BCUT2D eigenvalue weighted by molar-refractivity contribution is -0.139. The molecule has 0 saturated carbocycles. The first-order chi connectivity index (χ1) is 8.19. The van der Waals surface area contributed by atoms with Gasteiger partial charge in [0.05, 0.1) is 0 Å². The third-order valence-electron chi connectivity index (χ3n) is 1.78. The summed E-state index contributed by atoms with van der Waals surface area (Å²) in [4.78, 5) is 23.2. The molecule has 0 saturated heterocycles. The zero-order valence-electron chi connectivity index (χ0n) is 10.2. The highest BCUT2D eigenvalue weighted by Gasteiger charge is 2.26. The molecule has 1 atom stereocenters. The number of amides is 1. The van der Waals surface area contributed by atoms with Crippen LogP contribution in [0.5, 0.6) is 0 Å². The van der Waals surface area contributed by atoms with E-state index in [1.54, 1.807) is 32.2 Å². The fourth-order valence-electron chi connectivity index (χ4n) is 1.16. The quantitative estimate of drug-likeness (QED) is 0.889. The summed E-state index contributed by atoms with van der Waals surface area (Å²) >= 11 is 4.49. The monoisotopic (exact) mass is 335 g/mol. The van der Waals surface area contributed by atoms with E-state index >= 15 is 0 Å². The molecule has 0 bridgehead atoms. The third kappa shape index (κ3) is 4.66. The largest absolute Gasteiger partial charge is 0.479 e. The van der Waals surface area contributed by atoms with Gasteiger partial charge in [-0.3, -0.25) is 0 Å². The Hall–Kier alpha value is -1.08. The van der Waals surface area contributed by atoms with Crippen LogP contribution in [0.3, 0.4) is 0 Å². The molecule has 100 valence electrons. The summed E-state index contributed by atoms with van der Waals surface area (Å²) in [6, 6.07) is 0.553. The molecule has 0 aromatic carbocycles. The Bertz CT molecular complexity index is 452. The molecule has 0 fully saturated rings. The second kappa shape index (κ2) is 5.71. The maximum absolute atomic E-state index is 11.5. The van der Waals surface area contributed by atoms with Gasteiger partial charge in [-0.25, -0.2) is 9.59 Å². The van der Waals surface area contributed by atoms with Crippen LogP contribution < -0.4 is 5.32 Å². The van der Waals surface area contributed by atoms with Gasteiger partial charge in [-0.05, 0) is 42.8 Å². The van der Waals surface area contributed by atoms with Crippen molar-refractivity contribution in [3.8, 4) is 0 Å². The van der Waals surface area contributed by atoms with E-state index in [1.165, 1.54) is 11.3 Å². The normalized spacial score (nSPS) is 12.9. The number of thiophene rings is 1. The van der Waals surface area contributed by atoms with Crippen molar-refractivity contribution >= 4 is 39.3 Å². The number of carboxylic acids is 1. The van der Waals surface area contributed by atoms with E-state index in [4.69, 9.17) is 9.84 Å². The van der Waals surface area contributed by atoms with E-state index in [1.807, 2.05) is 0 Å². The summed E-state index contributed by atoms with van der Waals surface area (Å²) in [6.45, 7) is 5.14. The molecule has 1 aromatic heterocycles. The van der Waals surface area contributed by atoms with E-state index in [0.29, 0.717) is 4.88 Å². The number of carboxylic acid groups (broad SMARTS) is 1. The van der Waals surface area contributed by atoms with Gasteiger partial charge in [0.15, 0.2) is 6.04 Å². The Morgan fingerprint density at radius 1 is 1.50 bits per heavy atom. The van der Waals surface area contributed by atoms with Crippen molar-refractivity contribution in [3.63, 3.8) is 0 Å². The fourth-order valence-corrected chi connectivity index (χ4v) is 2.65. The standard InChI is InChI=1S/C11H14BrNO4S/c1-11(2,3)17-10(16)13-8(9(14)15)7-4-6(12)5-18-7/h4-5,8H,1-3H3,(H,13,16)(H,14,15). The van der Waals surface area contributed by atoms with Gasteiger partial charge in [0.2, 0.25) is 0 Å². The zero-order valence-corrected chi connectivity index (χ0v) is 12.6. The number of rotatable bonds is 3. The third-order valence-corrected chi connectivity index (χ3v) is 3.54. The number of carbonyl (C=O) groups is 2. The first-order valence-corrected chi connectivity index (χ1v) is 6.82. The summed E-state index contributed by atoms with van der Waals surface area (Å²) in [5.74, 6) is -1.13. The highest BCUT2D eigenvalue weighted by atomic mass is 79.9. The Labute approximate surface area is 117 Å². The van der Waals surface area contributed by atoms with Crippen molar-refractivity contribution < 1.29 is 19.4 Å². The van der Waals surface area contributed by atoms with Crippen LogP contribution in [0.15, 0.2) is 15.9 Å². The van der Waals surface area contributed by atoms with Gasteiger partial charge < -0.3 is 15.2 Å². The number of hydrogen-bond donors (Lipinski definition) is 2. The van der Waals surface area contributed by atoms with Crippen LogP contribution in [0.4, 0.5) is 4.79 Å². The van der Waals surface area contributed by atoms with E-state index in [0.717, 1.165) is 4.47 Å². The first-order valence-electron chi connectivity index (χ1n) is 5.15. The van der Waals surface area contributed by atoms with Crippen LogP contribution in [-0.4, -0.2) is 22.8 Å². The molecule has 1 rings (SSSR count). The maximum Gasteiger partial charge on any atom is 0.408 e. The number of nitrogens with one attached hydrogen (secondary N) is 1. The van der Waals surface area contributed by atoms with Gasteiger partial charge in [-0.1, -0.05) is 0 Å². The second-order valence-electron chi connectivity index (χ2n) is 4.58. The Morgan fingerprint density at radius 3 is 2.50 bits per heavy atom. The fraction of sp³-hybridized carbons (Fsp3) is 0.455. The average Bonchev–Trinajstić information content (AvgIpc) is 2.57. The molecule has 0 aliphatic rings. The van der Waals surface area contributed by atoms with Crippen molar-refractivity contribution in [1.29, 1.82) is 0 Å². The van der Waals surface area contributed by atoms with Gasteiger partial charge in [-0.15, -0.1) is 11.3 Å². The number of alkyl carbamates (subject to hydrolysis) is 1. The molecule has 5 nitrogen and oxygen atoms in total. The maximum atomic E-state index is 11.5. The molecular weight excluding hydrogens is 322 g/mol. The van der Waals surface area contributed by atoms with Crippen molar-refractivity contribution in [2.45, 2.75) is 32.4 Å². The molecule has 1 amide bonds. The molecule has 1 unspecified atom stereocenters. The minimum absolute atomic E-state index is 0.528. The second-order valence-corrected chi connectivity index (χ2v) is 6.44. The van der Waals surface area contributed by atoms with Crippen LogP contribution in [0.2, 0.25) is 0 Å². The van der Waals surface area contributed by atoms with Crippen LogP contribution in [-0.2, 0) is 9.53 Å². The average molecular weight is 336 g/mol. The number of aliphatic carboxylic acids is 1. The number of hydrogen-bond acceptors (Lipinski definition) is 4. The summed E-state index contributed by atoms with van der Waals surface area (Å²) in [7, 11) is 0. The van der Waals surface area contributed by atoms with Crippen LogP contribution in [0.1, 0.15) is 31.7 Å². The highest BCUT2D eigenvalue weighted by Crippen LogP contribution is 2.26. The van der Waals surface area contributed by atoms with Crippen molar-refractivity contribution in [2.75, 3.05) is 0 Å². The minimum atomic E-state index is -1.13. The molecule has 0 aliphatic carbocycles. The lowest BCUT2D eigenvalue weighted by Crippen LogP contribution is -2.37. The first kappa shape index (κ1) is 15.0. The smallest absolute Gasteiger partial charge is 0.408 e. The molecule has 0 radical (unpaired) electrons. The van der Waals surface area contributed by atoms with Crippen molar-refractivity contribution in [1.82, 2.24) is 5.32 Å². The zero-order chi connectivity index (χ0) is 13.9. The van der Waals surface area contributed by atoms with Crippen LogP contribution in [0.25, 0.3) is 0 Å². The lowest BCUT2D eigenvalue weighted by atomic mass is 10.2. The summed E-state index contributed by atoms with van der Waals surface area (Å²) in [6.07, 6.45) is -0.751. The van der Waals surface area contributed by atoms with Gasteiger partial charge in [0, 0.05) is 14.7 Å². The van der Waals surface area contributed by atoms with E-state index in [2.05, 4.69) is 21.2 Å². The summed E-state index contributed by atoms with van der Waals surface area (Å²) in [5, 5.41) is 13.2. The number of carbonyl (C=O) groups excluding carboxylic acids is 1. The SMILES string of the molecule is CC(C)(C)OC(=O)NC(C(=O)O)c1cc(Br)cs1. The summed E-state index contributed by atoms with van der Waals surface area (Å²) < 4.78 is 5.80. The van der Waals surface area contributed by atoms with Gasteiger partial charge >= 0.3 is 12.1 Å². The van der Waals surface area contributed by atoms with E-state index in [-0.39, 0.29) is 0 Å². The Morgan fingerprint density at radius 2 is 2.11 bits per heavy atom. The van der Waals surface area contributed by atoms with Gasteiger partial charge in [-0.2, -0.15) is 0 Å². The number of ether oxygens (including phenoxy) is 1. The van der Waals surface area contributed by atoms with Crippen LogP contribution >= 0.6 is 27.3 Å². The topological polar surface area (TPSA) is 75.6 Å². The predicted molar refractivity (Wildman–Crippen MR) is 71.8 cm³/mol. The van der Waals surface area contributed by atoms with Crippen molar-refractivity contribution in [2.24, 2.45) is 0 Å². The highest BCUT2D eigenvalue weighted by molar-refractivity contribution is 9.10. The van der Waals surface area contributed by atoms with E-state index in [9.17, 15) is 9.59 Å². The predicted octanol–water partition coefficient (Wildman–Crippen LogP) is 3.16. The Balaban J connectivity index is 2.76. The molecule has 1 heterocycles. The van der Waals surface area contributed by atoms with Crippen LogP contribution in [0, 0.1) is 0 Å². The molecule has 2 N–H and O–H groups in total. The number of halogens is 1. The molecular formula is C11H14BrNO4S. The van der Waals surface area contributed by atoms with Gasteiger partial charge in [0.1, 0.15) is 5.60 Å². The molecule has 18 heavy (non-hydrogen) atoms. The lowest BCUT2D eigenvalue weighted by Gasteiger charge is -2.21. The molecule has 0 aliphatic heterocycles.